The Morgan fingerprint density at radius 2 is 1.91 bits per heavy atom. The number of rotatable bonds is 9. The largest absolute Gasteiger partial charge is 0.481 e. The maximum Gasteiger partial charge on any atom is 0.326 e. The fourth-order valence-electron chi connectivity index (χ4n) is 3.12. The van der Waals surface area contributed by atoms with E-state index >= 15 is 0 Å². The number of aromatic nitrogens is 2. The van der Waals surface area contributed by atoms with Gasteiger partial charge in [0.1, 0.15) is 11.7 Å². The zero-order chi connectivity index (χ0) is 24.1. The van der Waals surface area contributed by atoms with E-state index in [1.807, 2.05) is 0 Å². The highest BCUT2D eigenvalue weighted by Crippen LogP contribution is 2.24. The molecule has 1 aliphatic heterocycles. The summed E-state index contributed by atoms with van der Waals surface area (Å²) >= 11 is 0. The van der Waals surface area contributed by atoms with Crippen LogP contribution in [-0.4, -0.2) is 56.7 Å². The molecule has 33 heavy (non-hydrogen) atoms. The van der Waals surface area contributed by atoms with Crippen molar-refractivity contribution in [2.75, 3.05) is 28.2 Å². The summed E-state index contributed by atoms with van der Waals surface area (Å²) in [5, 5.41) is 29.3. The van der Waals surface area contributed by atoms with Crippen molar-refractivity contribution in [2.24, 2.45) is 0 Å². The third-order valence-corrected chi connectivity index (χ3v) is 4.86. The second kappa shape index (κ2) is 9.72. The number of hydrogen-bond donors (Lipinski definition) is 8. The molecule has 174 valence electrons. The van der Waals surface area contributed by atoms with Gasteiger partial charge in [-0.25, -0.2) is 4.79 Å². The van der Waals surface area contributed by atoms with Crippen LogP contribution < -0.4 is 32.6 Å². The number of H-pyrrole nitrogens is 1. The molecule has 1 aromatic heterocycles. The van der Waals surface area contributed by atoms with Crippen LogP contribution in [0.4, 0.5) is 23.1 Å². The van der Waals surface area contributed by atoms with Gasteiger partial charge in [0.25, 0.3) is 11.5 Å². The number of aliphatic carboxylic acids is 2. The molecule has 3 rings (SSSR count). The van der Waals surface area contributed by atoms with Gasteiger partial charge in [0.05, 0.1) is 6.04 Å². The summed E-state index contributed by atoms with van der Waals surface area (Å²) in [4.78, 5) is 52.7. The molecule has 1 unspecified atom stereocenters. The van der Waals surface area contributed by atoms with E-state index in [0.717, 1.165) is 0 Å². The van der Waals surface area contributed by atoms with Crippen molar-refractivity contribution in [1.29, 1.82) is 0 Å². The van der Waals surface area contributed by atoms with E-state index in [9.17, 15) is 19.2 Å². The molecular formula is C20H23N7O6. The van der Waals surface area contributed by atoms with Crippen molar-refractivity contribution in [2.45, 2.75) is 24.9 Å². The average Bonchev–Trinajstić information content (AvgIpc) is 2.75. The van der Waals surface area contributed by atoms with E-state index in [0.29, 0.717) is 17.9 Å². The zero-order valence-electron chi connectivity index (χ0n) is 17.3. The fraction of sp³-hybridized carbons (Fsp3) is 0.250. The van der Waals surface area contributed by atoms with Gasteiger partial charge in [-0.05, 0) is 30.7 Å². The maximum atomic E-state index is 12.3. The lowest BCUT2D eigenvalue weighted by molar-refractivity contribution is -0.140. The molecule has 0 bridgehead atoms. The smallest absolute Gasteiger partial charge is 0.326 e. The molecular weight excluding hydrogens is 434 g/mol. The van der Waals surface area contributed by atoms with E-state index in [1.54, 1.807) is 12.1 Å². The topological polar surface area (TPSA) is 212 Å². The molecule has 1 amide bonds. The summed E-state index contributed by atoms with van der Waals surface area (Å²) in [7, 11) is 0. The summed E-state index contributed by atoms with van der Waals surface area (Å²) in [5.74, 6) is -2.82. The number of carbonyl (C=O) groups is 3. The Bertz CT molecular complexity index is 1140. The van der Waals surface area contributed by atoms with Crippen LogP contribution in [0.2, 0.25) is 0 Å². The van der Waals surface area contributed by atoms with E-state index in [1.165, 1.54) is 12.1 Å². The summed E-state index contributed by atoms with van der Waals surface area (Å²) < 4.78 is 0. The Morgan fingerprint density at radius 3 is 2.55 bits per heavy atom. The van der Waals surface area contributed by atoms with E-state index in [4.69, 9.17) is 15.9 Å². The number of anilines is 4. The molecule has 2 aromatic rings. The first-order valence-electron chi connectivity index (χ1n) is 9.85. The first-order chi connectivity index (χ1) is 15.6. The van der Waals surface area contributed by atoms with E-state index in [2.05, 4.69) is 37.8 Å². The lowest BCUT2D eigenvalue weighted by Crippen LogP contribution is -2.41. The fourth-order valence-corrected chi connectivity index (χ4v) is 3.12. The lowest BCUT2D eigenvalue weighted by Gasteiger charge is -2.29. The summed E-state index contributed by atoms with van der Waals surface area (Å²) in [6, 6.07) is 4.60. The minimum atomic E-state index is -1.31. The SMILES string of the molecule is C=C1Nc2nc(N)[nH]c(=O)c2NC1CNc1ccc(C(=O)N[C@@H](CCC(=O)O)C(=O)O)cc1. The minimum Gasteiger partial charge on any atom is -0.481 e. The molecule has 13 nitrogen and oxygen atoms in total. The minimum absolute atomic E-state index is 0.0156. The highest BCUT2D eigenvalue weighted by atomic mass is 16.4. The van der Waals surface area contributed by atoms with E-state index < -0.39 is 29.4 Å². The number of fused-ring (bicyclic) bond motifs is 1. The van der Waals surface area contributed by atoms with Crippen LogP contribution >= 0.6 is 0 Å². The predicted molar refractivity (Wildman–Crippen MR) is 120 cm³/mol. The van der Waals surface area contributed by atoms with Crippen molar-refractivity contribution < 1.29 is 24.6 Å². The highest BCUT2D eigenvalue weighted by Gasteiger charge is 2.25. The standard InChI is InChI=1S/C20H23N7O6/c1-9-13(24-15-16(23-9)26-20(21)27-18(15)31)8-22-11-4-2-10(3-5-11)17(30)25-12(19(32)33)6-7-14(28)29/h2-5,12-13,22,24H,1,6-8H2,(H,25,30)(H,28,29)(H,32,33)(H4,21,23,26,27,31)/t12-,13?/m0/s1. The molecule has 2 atom stereocenters. The Balaban J connectivity index is 1.59. The molecule has 0 fully saturated rings. The first-order valence-corrected chi connectivity index (χ1v) is 9.85. The number of carboxylic acid groups (broad SMARTS) is 2. The molecule has 0 radical (unpaired) electrons. The Hall–Kier alpha value is -4.55. The van der Waals surface area contributed by atoms with Gasteiger partial charge in [0.2, 0.25) is 5.95 Å². The molecule has 0 saturated carbocycles. The van der Waals surface area contributed by atoms with Gasteiger partial charge in [-0.3, -0.25) is 19.4 Å². The van der Waals surface area contributed by atoms with Crippen molar-refractivity contribution in [3.8, 4) is 0 Å². The average molecular weight is 457 g/mol. The zero-order valence-corrected chi connectivity index (χ0v) is 17.3. The quantitative estimate of drug-likeness (QED) is 0.255. The monoisotopic (exact) mass is 457 g/mol. The van der Waals surface area contributed by atoms with Crippen LogP contribution in [0.5, 0.6) is 0 Å². The number of nitrogens with one attached hydrogen (secondary N) is 5. The second-order valence-corrected chi connectivity index (χ2v) is 7.28. The van der Waals surface area contributed by atoms with Crippen LogP contribution in [0.15, 0.2) is 41.3 Å². The van der Waals surface area contributed by atoms with Crippen molar-refractivity contribution in [1.82, 2.24) is 15.3 Å². The van der Waals surface area contributed by atoms with Gasteiger partial charge in [-0.2, -0.15) is 4.98 Å². The van der Waals surface area contributed by atoms with Gasteiger partial charge < -0.3 is 37.2 Å². The molecule has 13 heteroatoms. The van der Waals surface area contributed by atoms with Crippen LogP contribution in [-0.2, 0) is 9.59 Å². The maximum absolute atomic E-state index is 12.3. The normalized spacial score (nSPS) is 15.4. The molecule has 0 spiro atoms. The Kier molecular flexibility index (Phi) is 6.81. The predicted octanol–water partition coefficient (Wildman–Crippen LogP) is 0.232. The van der Waals surface area contributed by atoms with Crippen molar-refractivity contribution >= 4 is 41.0 Å². The van der Waals surface area contributed by atoms with Gasteiger partial charge in [0, 0.05) is 29.9 Å². The molecule has 2 heterocycles. The number of amides is 1. The number of benzene rings is 1. The third-order valence-electron chi connectivity index (χ3n) is 4.86. The number of nitrogens with zero attached hydrogens (tertiary/aromatic N) is 1. The van der Waals surface area contributed by atoms with Crippen LogP contribution in [0.25, 0.3) is 0 Å². The van der Waals surface area contributed by atoms with Gasteiger partial charge in [-0.1, -0.05) is 6.58 Å². The molecule has 1 aromatic carbocycles. The van der Waals surface area contributed by atoms with Crippen molar-refractivity contribution in [3.05, 3.63) is 52.5 Å². The number of aromatic amines is 1. The molecule has 0 saturated heterocycles. The van der Waals surface area contributed by atoms with Crippen molar-refractivity contribution in [3.63, 3.8) is 0 Å². The van der Waals surface area contributed by atoms with Gasteiger partial charge in [-0.15, -0.1) is 0 Å². The number of carboxylic acids is 2. The second-order valence-electron chi connectivity index (χ2n) is 7.28. The van der Waals surface area contributed by atoms with Gasteiger partial charge in [0.15, 0.2) is 5.82 Å². The summed E-state index contributed by atoms with van der Waals surface area (Å²) in [5.41, 5.74) is 6.82. The number of carbonyl (C=O) groups excluding carboxylic acids is 1. The first kappa shape index (κ1) is 23.1. The molecule has 9 N–H and O–H groups in total. The summed E-state index contributed by atoms with van der Waals surface area (Å²) in [6.07, 6.45) is -0.605. The number of nitrogen functional groups attached to an aromatic ring is 1. The highest BCUT2D eigenvalue weighted by molar-refractivity contribution is 5.97. The molecule has 1 aliphatic rings. The number of nitrogens with two attached hydrogens (primary N) is 1. The van der Waals surface area contributed by atoms with Gasteiger partial charge >= 0.3 is 11.9 Å². The third kappa shape index (κ3) is 5.78. The van der Waals surface area contributed by atoms with Crippen LogP contribution in [0, 0.1) is 0 Å². The molecule has 0 aliphatic carbocycles. The lowest BCUT2D eigenvalue weighted by atomic mass is 10.1. The van der Waals surface area contributed by atoms with Crippen LogP contribution in [0.1, 0.15) is 23.2 Å². The van der Waals surface area contributed by atoms with Crippen LogP contribution in [0.3, 0.4) is 0 Å². The van der Waals surface area contributed by atoms with E-state index in [-0.39, 0.29) is 41.9 Å². The number of hydrogen-bond acceptors (Lipinski definition) is 9. The Morgan fingerprint density at radius 1 is 1.21 bits per heavy atom. The summed E-state index contributed by atoms with van der Waals surface area (Å²) in [6.45, 7) is 4.27. The Labute approximate surface area is 187 Å².